The van der Waals surface area contributed by atoms with Crippen molar-refractivity contribution in [3.8, 4) is 0 Å². The van der Waals surface area contributed by atoms with Gasteiger partial charge in [-0.2, -0.15) is 0 Å². The van der Waals surface area contributed by atoms with E-state index in [1.165, 1.54) is 35.4 Å². The summed E-state index contributed by atoms with van der Waals surface area (Å²) < 4.78 is 0. The number of amides is 1. The van der Waals surface area contributed by atoms with E-state index in [4.69, 9.17) is 0 Å². The maximum Gasteiger partial charge on any atom is 0.229 e. The second kappa shape index (κ2) is 6.63. The second-order valence-electron chi connectivity index (χ2n) is 7.01. The monoisotopic (exact) mass is 341 g/mol. The van der Waals surface area contributed by atoms with E-state index in [9.17, 15) is 4.79 Å². The van der Waals surface area contributed by atoms with Crippen LogP contribution in [-0.2, 0) is 17.6 Å². The molecule has 0 bridgehead atoms. The number of fused-ring (bicyclic) bond motifs is 1. The molecular formula is C19H23N3OS. The Labute approximate surface area is 146 Å². The van der Waals surface area contributed by atoms with Gasteiger partial charge in [0.1, 0.15) is 0 Å². The SMILES string of the molecule is CCCC1CCc2nc(NC(=O)C3CC3c3cccnc3)sc2C1. The zero-order valence-corrected chi connectivity index (χ0v) is 14.8. The number of hydrogen-bond donors (Lipinski definition) is 1. The lowest BCUT2D eigenvalue weighted by Crippen LogP contribution is -2.14. The van der Waals surface area contributed by atoms with Gasteiger partial charge in [0, 0.05) is 23.2 Å². The number of carbonyl (C=O) groups is 1. The first-order chi connectivity index (χ1) is 11.7. The lowest BCUT2D eigenvalue weighted by atomic mass is 9.88. The van der Waals surface area contributed by atoms with Crippen LogP contribution in [0.15, 0.2) is 24.5 Å². The summed E-state index contributed by atoms with van der Waals surface area (Å²) in [4.78, 5) is 22.7. The highest BCUT2D eigenvalue weighted by atomic mass is 32.1. The predicted octanol–water partition coefficient (Wildman–Crippen LogP) is 4.19. The Bertz CT molecular complexity index is 727. The molecular weight excluding hydrogens is 318 g/mol. The van der Waals surface area contributed by atoms with Crippen molar-refractivity contribution in [1.82, 2.24) is 9.97 Å². The van der Waals surface area contributed by atoms with Crippen LogP contribution < -0.4 is 5.32 Å². The number of aryl methyl sites for hydroxylation is 1. The molecule has 0 aromatic carbocycles. The van der Waals surface area contributed by atoms with Gasteiger partial charge in [-0.1, -0.05) is 25.8 Å². The highest BCUT2D eigenvalue weighted by Crippen LogP contribution is 2.48. The third kappa shape index (κ3) is 3.22. The molecule has 24 heavy (non-hydrogen) atoms. The summed E-state index contributed by atoms with van der Waals surface area (Å²) in [7, 11) is 0. The first-order valence-corrected chi connectivity index (χ1v) is 9.75. The van der Waals surface area contributed by atoms with Gasteiger partial charge in [-0.15, -0.1) is 11.3 Å². The number of carbonyl (C=O) groups excluding carboxylic acids is 1. The van der Waals surface area contributed by atoms with Crippen LogP contribution in [0, 0.1) is 11.8 Å². The third-order valence-electron chi connectivity index (χ3n) is 5.21. The summed E-state index contributed by atoms with van der Waals surface area (Å²) in [6, 6.07) is 3.99. The molecule has 2 aromatic rings. The van der Waals surface area contributed by atoms with Crippen molar-refractivity contribution in [3.05, 3.63) is 40.7 Å². The fourth-order valence-corrected chi connectivity index (χ4v) is 4.92. The van der Waals surface area contributed by atoms with Gasteiger partial charge in [0.25, 0.3) is 0 Å². The number of rotatable bonds is 5. The topological polar surface area (TPSA) is 54.9 Å². The first kappa shape index (κ1) is 15.8. The van der Waals surface area contributed by atoms with Crippen LogP contribution >= 0.6 is 11.3 Å². The summed E-state index contributed by atoms with van der Waals surface area (Å²) in [5, 5.41) is 3.85. The zero-order chi connectivity index (χ0) is 16.5. The van der Waals surface area contributed by atoms with Crippen LogP contribution in [0.2, 0.25) is 0 Å². The van der Waals surface area contributed by atoms with E-state index in [-0.39, 0.29) is 11.8 Å². The molecule has 126 valence electrons. The smallest absolute Gasteiger partial charge is 0.229 e. The molecule has 1 amide bonds. The van der Waals surface area contributed by atoms with Gasteiger partial charge in [0.2, 0.25) is 5.91 Å². The molecule has 0 spiro atoms. The normalized spacial score (nSPS) is 25.1. The van der Waals surface area contributed by atoms with Crippen molar-refractivity contribution >= 4 is 22.4 Å². The molecule has 5 heteroatoms. The van der Waals surface area contributed by atoms with Crippen LogP contribution in [0.4, 0.5) is 5.13 Å². The largest absolute Gasteiger partial charge is 0.302 e. The molecule has 4 rings (SSSR count). The van der Waals surface area contributed by atoms with Crippen molar-refractivity contribution < 1.29 is 4.79 Å². The van der Waals surface area contributed by atoms with Gasteiger partial charge in [0.15, 0.2) is 5.13 Å². The number of aromatic nitrogens is 2. The van der Waals surface area contributed by atoms with Gasteiger partial charge in [-0.3, -0.25) is 9.78 Å². The molecule has 1 fully saturated rings. The highest BCUT2D eigenvalue weighted by Gasteiger charge is 2.44. The summed E-state index contributed by atoms with van der Waals surface area (Å²) in [6.45, 7) is 2.25. The lowest BCUT2D eigenvalue weighted by Gasteiger charge is -2.19. The fraction of sp³-hybridized carbons (Fsp3) is 0.526. The minimum absolute atomic E-state index is 0.0722. The quantitative estimate of drug-likeness (QED) is 0.887. The molecule has 0 radical (unpaired) electrons. The first-order valence-electron chi connectivity index (χ1n) is 8.94. The average molecular weight is 341 g/mol. The summed E-state index contributed by atoms with van der Waals surface area (Å²) >= 11 is 1.68. The van der Waals surface area contributed by atoms with E-state index in [1.54, 1.807) is 17.5 Å². The number of thiazole rings is 1. The van der Waals surface area contributed by atoms with Crippen LogP contribution in [0.1, 0.15) is 54.7 Å². The summed E-state index contributed by atoms with van der Waals surface area (Å²) in [5.74, 6) is 1.30. The van der Waals surface area contributed by atoms with Crippen LogP contribution in [0.25, 0.3) is 0 Å². The minimum atomic E-state index is 0.0722. The number of anilines is 1. The maximum atomic E-state index is 12.5. The van der Waals surface area contributed by atoms with Crippen LogP contribution in [0.5, 0.6) is 0 Å². The molecule has 2 heterocycles. The van der Waals surface area contributed by atoms with Crippen LogP contribution in [-0.4, -0.2) is 15.9 Å². The zero-order valence-electron chi connectivity index (χ0n) is 14.0. The Balaban J connectivity index is 1.38. The van der Waals surface area contributed by atoms with E-state index in [2.05, 4.69) is 28.3 Å². The molecule has 0 saturated heterocycles. The molecule has 3 atom stereocenters. The maximum absolute atomic E-state index is 12.5. The van der Waals surface area contributed by atoms with E-state index in [0.29, 0.717) is 5.92 Å². The number of pyridine rings is 1. The third-order valence-corrected chi connectivity index (χ3v) is 6.24. The highest BCUT2D eigenvalue weighted by molar-refractivity contribution is 7.15. The summed E-state index contributed by atoms with van der Waals surface area (Å²) in [6.07, 6.45) is 10.5. The molecule has 2 aliphatic carbocycles. The van der Waals surface area contributed by atoms with Crippen molar-refractivity contribution in [3.63, 3.8) is 0 Å². The van der Waals surface area contributed by atoms with Gasteiger partial charge < -0.3 is 5.32 Å². The minimum Gasteiger partial charge on any atom is -0.302 e. The molecule has 2 aliphatic rings. The Hall–Kier alpha value is -1.75. The van der Waals surface area contributed by atoms with Gasteiger partial charge in [0.05, 0.1) is 5.69 Å². The Morgan fingerprint density at radius 1 is 1.46 bits per heavy atom. The van der Waals surface area contributed by atoms with Crippen molar-refractivity contribution in [2.75, 3.05) is 5.32 Å². The van der Waals surface area contributed by atoms with Gasteiger partial charge in [-0.05, 0) is 49.1 Å². The molecule has 1 N–H and O–H groups in total. The summed E-state index contributed by atoms with van der Waals surface area (Å²) in [5.41, 5.74) is 2.38. The number of nitrogens with zero attached hydrogens (tertiary/aromatic N) is 2. The number of nitrogens with one attached hydrogen (secondary N) is 1. The Morgan fingerprint density at radius 3 is 3.17 bits per heavy atom. The molecule has 4 nitrogen and oxygen atoms in total. The Kier molecular flexibility index (Phi) is 4.35. The molecule has 2 aromatic heterocycles. The van der Waals surface area contributed by atoms with E-state index >= 15 is 0 Å². The van der Waals surface area contributed by atoms with Crippen molar-refractivity contribution in [2.45, 2.75) is 51.4 Å². The van der Waals surface area contributed by atoms with E-state index < -0.39 is 0 Å². The van der Waals surface area contributed by atoms with Gasteiger partial charge in [-0.25, -0.2) is 4.98 Å². The van der Waals surface area contributed by atoms with E-state index in [0.717, 1.165) is 30.3 Å². The van der Waals surface area contributed by atoms with Crippen molar-refractivity contribution in [2.24, 2.45) is 11.8 Å². The van der Waals surface area contributed by atoms with E-state index in [1.807, 2.05) is 12.3 Å². The molecule has 1 saturated carbocycles. The predicted molar refractivity (Wildman–Crippen MR) is 96.3 cm³/mol. The lowest BCUT2D eigenvalue weighted by molar-refractivity contribution is -0.117. The fourth-order valence-electron chi connectivity index (χ4n) is 3.80. The standard InChI is InChI=1S/C19H23N3OS/c1-2-4-12-6-7-16-17(9-12)24-19(21-16)22-18(23)15-10-14(15)13-5-3-8-20-11-13/h3,5,8,11-12,14-15H,2,4,6-7,9-10H2,1H3,(H,21,22,23). The number of hydrogen-bond acceptors (Lipinski definition) is 4. The molecule has 3 unspecified atom stereocenters. The van der Waals surface area contributed by atoms with Crippen LogP contribution in [0.3, 0.4) is 0 Å². The van der Waals surface area contributed by atoms with Gasteiger partial charge >= 0.3 is 0 Å². The van der Waals surface area contributed by atoms with Crippen molar-refractivity contribution in [1.29, 1.82) is 0 Å². The second-order valence-corrected chi connectivity index (χ2v) is 8.09. The Morgan fingerprint density at radius 2 is 2.38 bits per heavy atom. The molecule has 0 aliphatic heterocycles. The average Bonchev–Trinajstić information content (AvgIpc) is 3.30.